The molecule has 0 rings (SSSR count). The molecule has 22 heavy (non-hydrogen) atoms. The van der Waals surface area contributed by atoms with Crippen molar-refractivity contribution in [3.8, 4) is 0 Å². The number of hydrogen-bond donors (Lipinski definition) is 6. The first-order valence-electron chi connectivity index (χ1n) is 6.21. The summed E-state index contributed by atoms with van der Waals surface area (Å²) >= 11 is 0.970. The number of carboxylic acid groups (broad SMARTS) is 3. The van der Waals surface area contributed by atoms with Crippen LogP contribution in [-0.4, -0.2) is 68.8 Å². The van der Waals surface area contributed by atoms with E-state index in [9.17, 15) is 19.2 Å². The Morgan fingerprint density at radius 2 is 1.50 bits per heavy atom. The lowest BCUT2D eigenvalue weighted by atomic mass is 10.1. The summed E-state index contributed by atoms with van der Waals surface area (Å²) in [4.78, 5) is 43.3. The Bertz CT molecular complexity index is 432. The fraction of sp³-hybridized carbons (Fsp3) is 0.636. The SMILES string of the molecule is NC(=O)CC[C@@H](N[C@H](CSCC(N)C(=O)O)C(=O)O)C(=O)O. The molecule has 0 aliphatic rings. The molecule has 0 saturated carbocycles. The fourth-order valence-electron chi connectivity index (χ4n) is 1.38. The minimum absolute atomic E-state index is 0.0141. The molecule has 126 valence electrons. The zero-order valence-electron chi connectivity index (χ0n) is 11.6. The minimum Gasteiger partial charge on any atom is -0.480 e. The van der Waals surface area contributed by atoms with Crippen LogP contribution in [0.15, 0.2) is 0 Å². The summed E-state index contributed by atoms with van der Waals surface area (Å²) in [5.41, 5.74) is 10.2. The number of hydrogen-bond acceptors (Lipinski definition) is 7. The third-order valence-electron chi connectivity index (χ3n) is 2.58. The lowest BCUT2D eigenvalue weighted by Gasteiger charge is -2.20. The van der Waals surface area contributed by atoms with Gasteiger partial charge in [-0.05, 0) is 6.42 Å². The molecule has 8 N–H and O–H groups in total. The van der Waals surface area contributed by atoms with Crippen LogP contribution in [0.25, 0.3) is 0 Å². The molecule has 0 saturated heterocycles. The molecular weight excluding hydrogens is 318 g/mol. The van der Waals surface area contributed by atoms with E-state index in [2.05, 4.69) is 5.32 Å². The summed E-state index contributed by atoms with van der Waals surface area (Å²) < 4.78 is 0. The maximum Gasteiger partial charge on any atom is 0.321 e. The number of amides is 1. The Kier molecular flexibility index (Phi) is 9.13. The Labute approximate surface area is 130 Å². The average Bonchev–Trinajstić information content (AvgIpc) is 2.39. The quantitative estimate of drug-likeness (QED) is 0.229. The number of nitrogens with two attached hydrogens (primary N) is 2. The van der Waals surface area contributed by atoms with E-state index < -0.39 is 41.9 Å². The van der Waals surface area contributed by atoms with E-state index >= 15 is 0 Å². The Morgan fingerprint density at radius 3 is 1.91 bits per heavy atom. The van der Waals surface area contributed by atoms with Gasteiger partial charge in [-0.25, -0.2) is 0 Å². The van der Waals surface area contributed by atoms with Gasteiger partial charge in [0, 0.05) is 17.9 Å². The Hall–Kier alpha value is -1.85. The normalized spacial score (nSPS) is 14.8. The highest BCUT2D eigenvalue weighted by Gasteiger charge is 2.26. The van der Waals surface area contributed by atoms with Crippen LogP contribution in [0.2, 0.25) is 0 Å². The fourth-order valence-corrected chi connectivity index (χ4v) is 2.39. The molecular formula is C11H19N3O7S. The molecule has 0 heterocycles. The van der Waals surface area contributed by atoms with Gasteiger partial charge < -0.3 is 26.8 Å². The van der Waals surface area contributed by atoms with Crippen LogP contribution >= 0.6 is 11.8 Å². The predicted octanol–water partition coefficient (Wildman–Crippen LogP) is -2.11. The first kappa shape index (κ1) is 20.1. The van der Waals surface area contributed by atoms with Gasteiger partial charge in [-0.3, -0.25) is 24.5 Å². The number of primary amides is 1. The van der Waals surface area contributed by atoms with Crippen molar-refractivity contribution < 1.29 is 34.5 Å². The molecule has 0 radical (unpaired) electrons. The topological polar surface area (TPSA) is 193 Å². The second kappa shape index (κ2) is 9.97. The van der Waals surface area contributed by atoms with Crippen LogP contribution in [0.5, 0.6) is 0 Å². The molecule has 3 atom stereocenters. The number of carbonyl (C=O) groups is 4. The van der Waals surface area contributed by atoms with Crippen molar-refractivity contribution in [2.45, 2.75) is 31.0 Å². The van der Waals surface area contributed by atoms with Crippen LogP contribution in [0.1, 0.15) is 12.8 Å². The molecule has 10 nitrogen and oxygen atoms in total. The zero-order valence-corrected chi connectivity index (χ0v) is 12.4. The first-order chi connectivity index (χ1) is 10.1. The maximum absolute atomic E-state index is 11.1. The van der Waals surface area contributed by atoms with Gasteiger partial charge in [-0.2, -0.15) is 11.8 Å². The van der Waals surface area contributed by atoms with Gasteiger partial charge in [-0.15, -0.1) is 0 Å². The van der Waals surface area contributed by atoms with Crippen LogP contribution in [-0.2, 0) is 19.2 Å². The maximum atomic E-state index is 11.1. The summed E-state index contributed by atoms with van der Waals surface area (Å²) in [5, 5.41) is 29.0. The molecule has 0 aliphatic carbocycles. The van der Waals surface area contributed by atoms with E-state index in [4.69, 9.17) is 26.8 Å². The molecule has 0 aliphatic heterocycles. The van der Waals surface area contributed by atoms with Crippen molar-refractivity contribution >= 4 is 35.6 Å². The number of carboxylic acids is 3. The molecule has 0 aromatic carbocycles. The molecule has 0 spiro atoms. The first-order valence-corrected chi connectivity index (χ1v) is 7.36. The van der Waals surface area contributed by atoms with E-state index in [1.807, 2.05) is 0 Å². The third kappa shape index (κ3) is 8.44. The highest BCUT2D eigenvalue weighted by molar-refractivity contribution is 7.99. The average molecular weight is 337 g/mol. The Balaban J connectivity index is 4.52. The van der Waals surface area contributed by atoms with E-state index in [1.165, 1.54) is 0 Å². The minimum atomic E-state index is -1.31. The lowest BCUT2D eigenvalue weighted by molar-refractivity contribution is -0.142. The summed E-state index contributed by atoms with van der Waals surface area (Å²) in [6.45, 7) is 0. The molecule has 0 bridgehead atoms. The standard InChI is InChI=1S/C11H19N3O7S/c12-5(9(16)17)3-22-4-7(11(20)21)14-6(10(18)19)1-2-8(13)15/h5-7,14H,1-4,12H2,(H2,13,15)(H,16,17)(H,18,19)(H,20,21)/t5?,6-,7-/m1/s1. The zero-order chi connectivity index (χ0) is 17.3. The van der Waals surface area contributed by atoms with Crippen molar-refractivity contribution in [3.05, 3.63) is 0 Å². The number of carbonyl (C=O) groups excluding carboxylic acids is 1. The lowest BCUT2D eigenvalue weighted by Crippen LogP contribution is -2.49. The van der Waals surface area contributed by atoms with Gasteiger partial charge in [0.2, 0.25) is 5.91 Å². The molecule has 11 heteroatoms. The van der Waals surface area contributed by atoms with Crippen molar-refractivity contribution in [1.82, 2.24) is 5.32 Å². The van der Waals surface area contributed by atoms with Gasteiger partial charge in [0.05, 0.1) is 0 Å². The summed E-state index contributed by atoms with van der Waals surface area (Å²) in [7, 11) is 0. The van der Waals surface area contributed by atoms with E-state index in [0.717, 1.165) is 11.8 Å². The van der Waals surface area contributed by atoms with Gasteiger partial charge in [0.15, 0.2) is 0 Å². The van der Waals surface area contributed by atoms with E-state index in [0.29, 0.717) is 0 Å². The Morgan fingerprint density at radius 1 is 0.955 bits per heavy atom. The second-order valence-electron chi connectivity index (χ2n) is 4.44. The smallest absolute Gasteiger partial charge is 0.321 e. The number of nitrogens with one attached hydrogen (secondary N) is 1. The van der Waals surface area contributed by atoms with Crippen LogP contribution < -0.4 is 16.8 Å². The summed E-state index contributed by atoms with van der Waals surface area (Å²) in [5.74, 6) is -4.59. The van der Waals surface area contributed by atoms with Gasteiger partial charge in [-0.1, -0.05) is 0 Å². The van der Waals surface area contributed by atoms with Crippen molar-refractivity contribution in [1.29, 1.82) is 0 Å². The van der Waals surface area contributed by atoms with Crippen molar-refractivity contribution in [3.63, 3.8) is 0 Å². The van der Waals surface area contributed by atoms with E-state index in [-0.39, 0.29) is 24.3 Å². The number of aliphatic carboxylic acids is 3. The van der Waals surface area contributed by atoms with Crippen molar-refractivity contribution in [2.75, 3.05) is 11.5 Å². The molecule has 1 unspecified atom stereocenters. The number of thioether (sulfide) groups is 1. The highest BCUT2D eigenvalue weighted by atomic mass is 32.2. The van der Waals surface area contributed by atoms with Crippen LogP contribution in [0.4, 0.5) is 0 Å². The van der Waals surface area contributed by atoms with E-state index in [1.54, 1.807) is 0 Å². The van der Waals surface area contributed by atoms with Crippen LogP contribution in [0.3, 0.4) is 0 Å². The summed E-state index contributed by atoms with van der Waals surface area (Å²) in [6.07, 6.45) is -0.346. The largest absolute Gasteiger partial charge is 0.480 e. The monoisotopic (exact) mass is 337 g/mol. The third-order valence-corrected chi connectivity index (χ3v) is 3.74. The summed E-state index contributed by atoms with van der Waals surface area (Å²) in [6, 6.07) is -3.60. The highest BCUT2D eigenvalue weighted by Crippen LogP contribution is 2.08. The molecule has 1 amide bonds. The van der Waals surface area contributed by atoms with Gasteiger partial charge >= 0.3 is 17.9 Å². The van der Waals surface area contributed by atoms with Crippen molar-refractivity contribution in [2.24, 2.45) is 11.5 Å². The molecule has 0 aromatic heterocycles. The molecule has 0 aromatic rings. The van der Waals surface area contributed by atoms with Gasteiger partial charge in [0.25, 0.3) is 0 Å². The number of rotatable bonds is 12. The predicted molar refractivity (Wildman–Crippen MR) is 77.3 cm³/mol. The second-order valence-corrected chi connectivity index (χ2v) is 5.51. The molecule has 0 fully saturated rings. The van der Waals surface area contributed by atoms with Crippen LogP contribution in [0, 0.1) is 0 Å². The van der Waals surface area contributed by atoms with Gasteiger partial charge in [0.1, 0.15) is 18.1 Å².